The molecule has 0 aliphatic carbocycles. The van der Waals surface area contributed by atoms with Crippen LogP contribution in [0.5, 0.6) is 0 Å². The average molecular weight is 174 g/mol. The molecular formula is C7H14N2O3. The molecule has 0 aromatic rings. The van der Waals surface area contributed by atoms with Crippen molar-refractivity contribution in [2.24, 2.45) is 5.92 Å². The first-order chi connectivity index (χ1) is 5.57. The summed E-state index contributed by atoms with van der Waals surface area (Å²) in [5.41, 5.74) is 2.15. The quantitative estimate of drug-likeness (QED) is 0.561. The molecule has 2 amide bonds. The summed E-state index contributed by atoms with van der Waals surface area (Å²) in [6.45, 7) is 3.31. The van der Waals surface area contributed by atoms with Gasteiger partial charge in [0.25, 0.3) is 0 Å². The average Bonchev–Trinajstić information content (AvgIpc) is 2.03. The van der Waals surface area contributed by atoms with E-state index < -0.39 is 0 Å². The van der Waals surface area contributed by atoms with Gasteiger partial charge in [0, 0.05) is 13.0 Å². The van der Waals surface area contributed by atoms with Crippen LogP contribution in [-0.4, -0.2) is 25.5 Å². The number of hydrogen-bond donors (Lipinski definition) is 2. The predicted octanol–water partition coefficient (Wildman–Crippen LogP) is -0.564. The minimum absolute atomic E-state index is 0.144. The van der Waals surface area contributed by atoms with Gasteiger partial charge in [0.2, 0.25) is 11.8 Å². The van der Waals surface area contributed by atoms with E-state index >= 15 is 0 Å². The molecule has 0 radical (unpaired) electrons. The number of nitrogens with one attached hydrogen (secondary N) is 2. The van der Waals surface area contributed by atoms with Crippen LogP contribution in [0.3, 0.4) is 0 Å². The van der Waals surface area contributed by atoms with Crippen molar-refractivity contribution in [1.29, 1.82) is 0 Å². The summed E-state index contributed by atoms with van der Waals surface area (Å²) >= 11 is 0. The fraction of sp³-hybridized carbons (Fsp3) is 0.714. The molecule has 0 aromatic carbocycles. The molecule has 0 atom stereocenters. The maximum absolute atomic E-state index is 10.8. The van der Waals surface area contributed by atoms with E-state index in [9.17, 15) is 9.59 Å². The first-order valence-electron chi connectivity index (χ1n) is 3.70. The maximum Gasteiger partial charge on any atom is 0.248 e. The highest BCUT2D eigenvalue weighted by Gasteiger charge is 2.06. The first-order valence-corrected chi connectivity index (χ1v) is 3.70. The molecule has 2 N–H and O–H groups in total. The van der Waals surface area contributed by atoms with Crippen LogP contribution >= 0.6 is 0 Å². The molecule has 0 heterocycles. The predicted molar refractivity (Wildman–Crippen MR) is 43.0 cm³/mol. The highest BCUT2D eigenvalue weighted by atomic mass is 16.7. The zero-order valence-corrected chi connectivity index (χ0v) is 7.51. The van der Waals surface area contributed by atoms with Gasteiger partial charge in [-0.2, -0.15) is 0 Å². The zero-order valence-electron chi connectivity index (χ0n) is 7.51. The molecule has 5 nitrogen and oxygen atoms in total. The molecule has 0 saturated carbocycles. The Bertz CT molecular complexity index is 168. The highest BCUT2D eigenvalue weighted by Crippen LogP contribution is 1.89. The number of amides is 2. The Balaban J connectivity index is 3.44. The Morgan fingerprint density at radius 1 is 1.42 bits per heavy atom. The van der Waals surface area contributed by atoms with E-state index in [4.69, 9.17) is 0 Å². The number of hydroxylamine groups is 1. The lowest BCUT2D eigenvalue weighted by atomic mass is 10.2. The van der Waals surface area contributed by atoms with Crippen molar-refractivity contribution in [2.45, 2.75) is 13.8 Å². The van der Waals surface area contributed by atoms with Gasteiger partial charge in [-0.3, -0.25) is 14.4 Å². The number of likely N-dealkylation sites (N-methyl/N-ethyl adjacent to an activating group) is 1. The normalized spacial score (nSPS) is 9.67. The fourth-order valence-corrected chi connectivity index (χ4v) is 0.363. The van der Waals surface area contributed by atoms with Crippen LogP contribution in [-0.2, 0) is 14.4 Å². The molecule has 0 spiro atoms. The van der Waals surface area contributed by atoms with Crippen molar-refractivity contribution in [3.8, 4) is 0 Å². The monoisotopic (exact) mass is 174 g/mol. The lowest BCUT2D eigenvalue weighted by molar-refractivity contribution is -0.141. The van der Waals surface area contributed by atoms with Crippen LogP contribution in [0.25, 0.3) is 0 Å². The molecule has 0 fully saturated rings. The summed E-state index contributed by atoms with van der Waals surface area (Å²) in [7, 11) is 1.50. The van der Waals surface area contributed by atoms with Gasteiger partial charge in [0.05, 0.1) is 0 Å². The van der Waals surface area contributed by atoms with Crippen LogP contribution in [0.2, 0.25) is 0 Å². The number of rotatable bonds is 4. The van der Waals surface area contributed by atoms with Crippen LogP contribution in [0.15, 0.2) is 0 Å². The smallest absolute Gasteiger partial charge is 0.248 e. The van der Waals surface area contributed by atoms with Crippen molar-refractivity contribution in [2.75, 3.05) is 13.7 Å². The lowest BCUT2D eigenvalue weighted by Gasteiger charge is -2.06. The van der Waals surface area contributed by atoms with Crippen molar-refractivity contribution in [1.82, 2.24) is 10.8 Å². The van der Waals surface area contributed by atoms with Crippen molar-refractivity contribution >= 4 is 11.8 Å². The molecule has 0 unspecified atom stereocenters. The third-order valence-corrected chi connectivity index (χ3v) is 1.18. The molecule has 0 aromatic heterocycles. The number of hydrogen-bond acceptors (Lipinski definition) is 3. The molecule has 0 bridgehead atoms. The fourth-order valence-electron chi connectivity index (χ4n) is 0.363. The third-order valence-electron chi connectivity index (χ3n) is 1.18. The second kappa shape index (κ2) is 5.54. The van der Waals surface area contributed by atoms with E-state index in [0.717, 1.165) is 0 Å². The largest absolute Gasteiger partial charge is 0.357 e. The molecule has 5 heteroatoms. The van der Waals surface area contributed by atoms with Gasteiger partial charge in [-0.15, -0.1) is 0 Å². The van der Waals surface area contributed by atoms with Gasteiger partial charge in [-0.25, -0.2) is 5.48 Å². The molecule has 0 rings (SSSR count). The van der Waals surface area contributed by atoms with Gasteiger partial charge in [-0.05, 0) is 0 Å². The Morgan fingerprint density at radius 2 is 2.00 bits per heavy atom. The van der Waals surface area contributed by atoms with Crippen molar-refractivity contribution in [3.05, 3.63) is 0 Å². The molecule has 70 valence electrons. The van der Waals surface area contributed by atoms with Crippen LogP contribution in [0.1, 0.15) is 13.8 Å². The Morgan fingerprint density at radius 3 is 2.42 bits per heavy atom. The van der Waals surface area contributed by atoms with Crippen LogP contribution in [0.4, 0.5) is 0 Å². The van der Waals surface area contributed by atoms with E-state index in [2.05, 4.69) is 15.6 Å². The van der Waals surface area contributed by atoms with E-state index in [0.29, 0.717) is 0 Å². The molecule has 12 heavy (non-hydrogen) atoms. The first kappa shape index (κ1) is 10.9. The van der Waals surface area contributed by atoms with Gasteiger partial charge in [-0.1, -0.05) is 13.8 Å². The second-order valence-corrected chi connectivity index (χ2v) is 2.58. The number of carbonyl (C=O) groups excluding carboxylic acids is 2. The van der Waals surface area contributed by atoms with E-state index in [1.54, 1.807) is 13.8 Å². The molecular weight excluding hydrogens is 160 g/mol. The van der Waals surface area contributed by atoms with Gasteiger partial charge in [0.1, 0.15) is 0 Å². The summed E-state index contributed by atoms with van der Waals surface area (Å²) in [4.78, 5) is 26.0. The SMILES string of the molecule is CNC(=O)CONC(=O)C(C)C. The standard InChI is InChI=1S/C7H14N2O3/c1-5(2)7(11)9-12-4-6(10)8-3/h5H,4H2,1-3H3,(H,8,10)(H,9,11). The maximum atomic E-state index is 10.8. The van der Waals surface area contributed by atoms with E-state index in [-0.39, 0.29) is 24.3 Å². The molecule has 0 aliphatic rings. The summed E-state index contributed by atoms with van der Waals surface area (Å²) in [6.07, 6.45) is 0. The summed E-state index contributed by atoms with van der Waals surface area (Å²) in [6, 6.07) is 0. The van der Waals surface area contributed by atoms with Crippen LogP contribution in [0, 0.1) is 5.92 Å². The van der Waals surface area contributed by atoms with Gasteiger partial charge < -0.3 is 5.32 Å². The third kappa shape index (κ3) is 4.68. The van der Waals surface area contributed by atoms with Gasteiger partial charge in [0.15, 0.2) is 6.61 Å². The minimum Gasteiger partial charge on any atom is -0.357 e. The minimum atomic E-state index is -0.279. The topological polar surface area (TPSA) is 67.4 Å². The second-order valence-electron chi connectivity index (χ2n) is 2.58. The van der Waals surface area contributed by atoms with E-state index in [1.165, 1.54) is 7.05 Å². The molecule has 0 saturated heterocycles. The van der Waals surface area contributed by atoms with Crippen molar-refractivity contribution < 1.29 is 14.4 Å². The summed E-state index contributed by atoms with van der Waals surface area (Å²) in [5.74, 6) is -0.660. The Kier molecular flexibility index (Phi) is 5.03. The van der Waals surface area contributed by atoms with Crippen LogP contribution < -0.4 is 10.8 Å². The van der Waals surface area contributed by atoms with E-state index in [1.807, 2.05) is 0 Å². The summed E-state index contributed by atoms with van der Waals surface area (Å²) < 4.78 is 0. The Hall–Kier alpha value is -1.10. The van der Waals surface area contributed by atoms with Crippen molar-refractivity contribution in [3.63, 3.8) is 0 Å². The zero-order chi connectivity index (χ0) is 9.56. The summed E-state index contributed by atoms with van der Waals surface area (Å²) in [5, 5.41) is 2.35. The highest BCUT2D eigenvalue weighted by molar-refractivity contribution is 5.78. The molecule has 0 aliphatic heterocycles. The lowest BCUT2D eigenvalue weighted by Crippen LogP contribution is -2.33. The Labute approximate surface area is 71.4 Å². The van der Waals surface area contributed by atoms with Gasteiger partial charge >= 0.3 is 0 Å². The number of carbonyl (C=O) groups is 2.